The third kappa shape index (κ3) is 3.47. The van der Waals surface area contributed by atoms with Gasteiger partial charge in [0.1, 0.15) is 11.6 Å². The largest absolute Gasteiger partial charge is 0.331 e. The zero-order valence-electron chi connectivity index (χ0n) is 14.7. The maximum Gasteiger partial charge on any atom is 0.153 e. The van der Waals surface area contributed by atoms with E-state index in [4.69, 9.17) is 4.98 Å². The Hall–Kier alpha value is -1.69. The van der Waals surface area contributed by atoms with Gasteiger partial charge in [-0.25, -0.2) is 9.97 Å². The second kappa shape index (κ2) is 6.83. The third-order valence-electron chi connectivity index (χ3n) is 4.62. The lowest BCUT2D eigenvalue weighted by molar-refractivity contribution is 0.128. The zero-order chi connectivity index (χ0) is 16.4. The molecule has 0 saturated carbocycles. The topological polar surface area (TPSA) is 62.6 Å². The van der Waals surface area contributed by atoms with Crippen molar-refractivity contribution in [2.45, 2.75) is 71.5 Å². The molecule has 1 aliphatic heterocycles. The Bertz CT molecular complexity index is 627. The van der Waals surface area contributed by atoms with E-state index in [-0.39, 0.29) is 0 Å². The van der Waals surface area contributed by atoms with E-state index in [1.54, 1.807) is 0 Å². The number of aromatic amines is 1. The molecule has 1 saturated heterocycles. The first-order valence-corrected chi connectivity index (χ1v) is 8.74. The van der Waals surface area contributed by atoms with Crippen LogP contribution in [0.2, 0.25) is 0 Å². The molecule has 2 aromatic rings. The first kappa shape index (κ1) is 16.2. The molecular weight excluding hydrogens is 288 g/mol. The van der Waals surface area contributed by atoms with E-state index < -0.39 is 0 Å². The summed E-state index contributed by atoms with van der Waals surface area (Å²) < 4.78 is 2.26. The summed E-state index contributed by atoms with van der Waals surface area (Å²) in [5, 5.41) is 7.56. The van der Waals surface area contributed by atoms with Gasteiger partial charge in [-0.1, -0.05) is 20.3 Å². The molecule has 0 amide bonds. The maximum atomic E-state index is 4.73. The van der Waals surface area contributed by atoms with Gasteiger partial charge in [-0.2, -0.15) is 5.10 Å². The van der Waals surface area contributed by atoms with Gasteiger partial charge in [0.25, 0.3) is 0 Å². The van der Waals surface area contributed by atoms with Crippen LogP contribution < -0.4 is 0 Å². The van der Waals surface area contributed by atoms with E-state index in [1.165, 1.54) is 12.8 Å². The van der Waals surface area contributed by atoms with Crippen molar-refractivity contribution < 1.29 is 0 Å². The number of hydrogen-bond acceptors (Lipinski definition) is 4. The van der Waals surface area contributed by atoms with Gasteiger partial charge < -0.3 is 4.57 Å². The Balaban J connectivity index is 1.79. The molecule has 6 nitrogen and oxygen atoms in total. The average Bonchev–Trinajstić information content (AvgIpc) is 3.16. The number of H-pyrrole nitrogens is 1. The van der Waals surface area contributed by atoms with Crippen LogP contribution in [-0.4, -0.2) is 36.2 Å². The number of likely N-dealkylation sites (tertiary alicyclic amines) is 1. The molecule has 0 bridgehead atoms. The van der Waals surface area contributed by atoms with Crippen LogP contribution >= 0.6 is 0 Å². The van der Waals surface area contributed by atoms with Crippen LogP contribution in [-0.2, 0) is 6.54 Å². The van der Waals surface area contributed by atoms with Crippen molar-refractivity contribution in [3.63, 3.8) is 0 Å². The summed E-state index contributed by atoms with van der Waals surface area (Å²) in [4.78, 5) is 11.8. The maximum absolute atomic E-state index is 4.73. The molecule has 1 fully saturated rings. The van der Waals surface area contributed by atoms with Crippen LogP contribution in [0.15, 0.2) is 12.4 Å². The van der Waals surface area contributed by atoms with E-state index in [2.05, 4.69) is 58.5 Å². The fraction of sp³-hybridized carbons (Fsp3) is 0.706. The number of nitrogens with zero attached hydrogens (tertiary/aromatic N) is 5. The molecule has 0 aromatic carbocycles. The SMILES string of the molecule is CC(C)c1n[nH]c([C@H]2CCCCN2Cc2nccn2C(C)C)n1. The monoisotopic (exact) mass is 316 g/mol. The van der Waals surface area contributed by atoms with E-state index in [1.807, 2.05) is 6.20 Å². The van der Waals surface area contributed by atoms with Gasteiger partial charge in [0.15, 0.2) is 5.82 Å². The van der Waals surface area contributed by atoms with Gasteiger partial charge >= 0.3 is 0 Å². The molecule has 3 rings (SSSR count). The molecule has 0 unspecified atom stereocenters. The molecule has 2 aromatic heterocycles. The second-order valence-electron chi connectivity index (χ2n) is 7.06. The number of rotatable bonds is 5. The molecule has 0 spiro atoms. The fourth-order valence-corrected chi connectivity index (χ4v) is 3.30. The highest BCUT2D eigenvalue weighted by Gasteiger charge is 2.28. The smallest absolute Gasteiger partial charge is 0.153 e. The van der Waals surface area contributed by atoms with Crippen molar-refractivity contribution in [1.29, 1.82) is 0 Å². The molecule has 126 valence electrons. The van der Waals surface area contributed by atoms with E-state index >= 15 is 0 Å². The molecule has 1 N–H and O–H groups in total. The number of hydrogen-bond donors (Lipinski definition) is 1. The van der Waals surface area contributed by atoms with Crippen molar-refractivity contribution >= 4 is 0 Å². The van der Waals surface area contributed by atoms with Gasteiger partial charge in [0, 0.05) is 24.4 Å². The first-order valence-electron chi connectivity index (χ1n) is 8.74. The highest BCUT2D eigenvalue weighted by Crippen LogP contribution is 2.30. The van der Waals surface area contributed by atoms with E-state index in [0.717, 1.165) is 37.0 Å². The van der Waals surface area contributed by atoms with Crippen molar-refractivity contribution in [3.8, 4) is 0 Å². The van der Waals surface area contributed by atoms with Gasteiger partial charge in [-0.05, 0) is 33.2 Å². The van der Waals surface area contributed by atoms with Crippen molar-refractivity contribution in [3.05, 3.63) is 29.9 Å². The Kier molecular flexibility index (Phi) is 4.80. The second-order valence-corrected chi connectivity index (χ2v) is 7.06. The lowest BCUT2D eigenvalue weighted by Crippen LogP contribution is -2.34. The Morgan fingerprint density at radius 3 is 2.78 bits per heavy atom. The molecular formula is C17H28N6. The molecule has 3 heterocycles. The van der Waals surface area contributed by atoms with Crippen LogP contribution in [0.25, 0.3) is 0 Å². The summed E-state index contributed by atoms with van der Waals surface area (Å²) >= 11 is 0. The summed E-state index contributed by atoms with van der Waals surface area (Å²) in [6, 6.07) is 0.759. The zero-order valence-corrected chi connectivity index (χ0v) is 14.7. The standard InChI is InChI=1S/C17H28N6/c1-12(2)16-19-17(21-20-16)14-7-5-6-9-22(14)11-15-18-8-10-23(15)13(3)4/h8,10,12-14H,5-7,9,11H2,1-4H3,(H,19,20,21)/t14-/m1/s1. The van der Waals surface area contributed by atoms with Crippen LogP contribution in [0.1, 0.15) is 82.4 Å². The van der Waals surface area contributed by atoms with Crippen molar-refractivity contribution in [1.82, 2.24) is 29.6 Å². The van der Waals surface area contributed by atoms with Gasteiger partial charge in [0.05, 0.1) is 12.6 Å². The predicted molar refractivity (Wildman–Crippen MR) is 90.1 cm³/mol. The first-order chi connectivity index (χ1) is 11.1. The van der Waals surface area contributed by atoms with Crippen LogP contribution in [0.5, 0.6) is 0 Å². The fourth-order valence-electron chi connectivity index (χ4n) is 3.30. The lowest BCUT2D eigenvalue weighted by Gasteiger charge is -2.34. The number of imidazole rings is 1. The highest BCUT2D eigenvalue weighted by molar-refractivity contribution is 5.03. The molecule has 23 heavy (non-hydrogen) atoms. The summed E-state index contributed by atoms with van der Waals surface area (Å²) in [5.74, 6) is 3.41. The Morgan fingerprint density at radius 1 is 1.26 bits per heavy atom. The van der Waals surface area contributed by atoms with Crippen molar-refractivity contribution in [2.24, 2.45) is 0 Å². The Morgan fingerprint density at radius 2 is 2.09 bits per heavy atom. The molecule has 1 atom stereocenters. The third-order valence-corrected chi connectivity index (χ3v) is 4.62. The highest BCUT2D eigenvalue weighted by atomic mass is 15.3. The van der Waals surface area contributed by atoms with Crippen molar-refractivity contribution in [2.75, 3.05) is 6.54 Å². The van der Waals surface area contributed by atoms with Gasteiger partial charge in [-0.15, -0.1) is 0 Å². The quantitative estimate of drug-likeness (QED) is 0.918. The van der Waals surface area contributed by atoms with E-state index in [0.29, 0.717) is 18.0 Å². The lowest BCUT2D eigenvalue weighted by atomic mass is 10.0. The minimum atomic E-state index is 0.320. The van der Waals surface area contributed by atoms with Gasteiger partial charge in [0.2, 0.25) is 0 Å². The minimum Gasteiger partial charge on any atom is -0.331 e. The minimum absolute atomic E-state index is 0.320. The summed E-state index contributed by atoms with van der Waals surface area (Å²) in [6.07, 6.45) is 7.60. The Labute approximate surface area is 138 Å². The molecule has 0 aliphatic carbocycles. The normalized spacial score (nSPS) is 19.8. The molecule has 0 radical (unpaired) electrons. The number of aromatic nitrogens is 5. The van der Waals surface area contributed by atoms with Crippen LogP contribution in [0, 0.1) is 0 Å². The molecule has 6 heteroatoms. The van der Waals surface area contributed by atoms with Gasteiger partial charge in [-0.3, -0.25) is 10.00 Å². The van der Waals surface area contributed by atoms with Crippen LogP contribution in [0.4, 0.5) is 0 Å². The average molecular weight is 316 g/mol. The molecule has 1 aliphatic rings. The number of piperidine rings is 1. The summed E-state index contributed by atoms with van der Waals surface area (Å²) in [6.45, 7) is 10.6. The predicted octanol–water partition coefficient (Wildman–Crippen LogP) is 3.43. The van der Waals surface area contributed by atoms with E-state index in [9.17, 15) is 0 Å². The summed E-state index contributed by atoms with van der Waals surface area (Å²) in [7, 11) is 0. The number of nitrogens with one attached hydrogen (secondary N) is 1. The van der Waals surface area contributed by atoms with Crippen LogP contribution in [0.3, 0.4) is 0 Å². The summed E-state index contributed by atoms with van der Waals surface area (Å²) in [5.41, 5.74) is 0.